The molecule has 3 N–H and O–H groups in total. The topological polar surface area (TPSA) is 106 Å². The third-order valence-electron chi connectivity index (χ3n) is 4.30. The molecule has 3 rings (SSSR count). The van der Waals surface area contributed by atoms with E-state index in [0.29, 0.717) is 40.9 Å². The fourth-order valence-corrected chi connectivity index (χ4v) is 2.75. The van der Waals surface area contributed by atoms with Gasteiger partial charge in [-0.05, 0) is 54.0 Å². The average molecular weight is 426 g/mol. The standard InChI is InChI=1S/C23H26N2O6/c1-15(2)13-29-18-6-4-17(5-7-18)22(27)25-19(23(28)24-9-10-26)11-16-3-8-20-21(12-16)31-14-30-20/h3-8,11-12,15,26H,9-10,13-14H2,1-2H3,(H,24,28)(H,25,27)/b19-11+. The summed E-state index contributed by atoms with van der Waals surface area (Å²) in [6.07, 6.45) is 1.53. The van der Waals surface area contributed by atoms with Crippen molar-refractivity contribution >= 4 is 17.9 Å². The van der Waals surface area contributed by atoms with Crippen molar-refractivity contribution in [2.24, 2.45) is 5.92 Å². The molecule has 0 radical (unpaired) electrons. The molecule has 1 aliphatic rings. The Labute approximate surface area is 180 Å². The number of aliphatic hydroxyl groups is 1. The van der Waals surface area contributed by atoms with Gasteiger partial charge in [0.2, 0.25) is 6.79 Å². The quantitative estimate of drug-likeness (QED) is 0.532. The monoisotopic (exact) mass is 426 g/mol. The van der Waals surface area contributed by atoms with E-state index in [1.54, 1.807) is 42.5 Å². The van der Waals surface area contributed by atoms with Crippen LogP contribution in [0.25, 0.3) is 6.08 Å². The van der Waals surface area contributed by atoms with E-state index < -0.39 is 11.8 Å². The van der Waals surface area contributed by atoms with Crippen LogP contribution in [0.1, 0.15) is 29.8 Å². The molecule has 8 heteroatoms. The molecule has 0 unspecified atom stereocenters. The summed E-state index contributed by atoms with van der Waals surface area (Å²) in [7, 11) is 0. The maximum absolute atomic E-state index is 12.7. The van der Waals surface area contributed by atoms with Crippen LogP contribution < -0.4 is 24.8 Å². The van der Waals surface area contributed by atoms with Gasteiger partial charge >= 0.3 is 0 Å². The summed E-state index contributed by atoms with van der Waals surface area (Å²) in [6.45, 7) is 4.68. The Morgan fingerprint density at radius 1 is 1.13 bits per heavy atom. The van der Waals surface area contributed by atoms with Crippen molar-refractivity contribution in [1.82, 2.24) is 10.6 Å². The molecule has 164 valence electrons. The highest BCUT2D eigenvalue weighted by Crippen LogP contribution is 2.33. The van der Waals surface area contributed by atoms with Crippen LogP contribution in [0.5, 0.6) is 17.2 Å². The first-order valence-electron chi connectivity index (χ1n) is 10.0. The number of hydrogen-bond acceptors (Lipinski definition) is 6. The van der Waals surface area contributed by atoms with Gasteiger partial charge in [-0.3, -0.25) is 9.59 Å². The molecule has 2 aromatic carbocycles. The van der Waals surface area contributed by atoms with Crippen LogP contribution in [0, 0.1) is 5.92 Å². The number of nitrogens with one attached hydrogen (secondary N) is 2. The molecule has 0 saturated carbocycles. The Morgan fingerprint density at radius 2 is 1.87 bits per heavy atom. The van der Waals surface area contributed by atoms with Crippen LogP contribution in [0.15, 0.2) is 48.2 Å². The number of carbonyl (C=O) groups excluding carboxylic acids is 2. The fraction of sp³-hybridized carbons (Fsp3) is 0.304. The lowest BCUT2D eigenvalue weighted by molar-refractivity contribution is -0.117. The third-order valence-corrected chi connectivity index (χ3v) is 4.30. The van der Waals surface area contributed by atoms with Gasteiger partial charge in [0.25, 0.3) is 11.8 Å². The summed E-state index contributed by atoms with van der Waals surface area (Å²) in [5.74, 6) is 1.28. The molecular formula is C23H26N2O6. The van der Waals surface area contributed by atoms with E-state index in [4.69, 9.17) is 19.3 Å². The van der Waals surface area contributed by atoms with Gasteiger partial charge in [0.15, 0.2) is 11.5 Å². The maximum atomic E-state index is 12.7. The van der Waals surface area contributed by atoms with Crippen molar-refractivity contribution in [1.29, 1.82) is 0 Å². The van der Waals surface area contributed by atoms with Crippen LogP contribution in [-0.2, 0) is 4.79 Å². The molecule has 0 aliphatic carbocycles. The molecule has 2 amide bonds. The van der Waals surface area contributed by atoms with Crippen molar-refractivity contribution < 1.29 is 28.9 Å². The van der Waals surface area contributed by atoms with Gasteiger partial charge < -0.3 is 30.0 Å². The second-order valence-electron chi connectivity index (χ2n) is 7.33. The second kappa shape index (κ2) is 10.5. The number of fused-ring (bicyclic) bond motifs is 1. The first-order valence-corrected chi connectivity index (χ1v) is 10.0. The van der Waals surface area contributed by atoms with E-state index in [0.717, 1.165) is 0 Å². The van der Waals surface area contributed by atoms with Crippen LogP contribution in [0.4, 0.5) is 0 Å². The molecule has 8 nitrogen and oxygen atoms in total. The first kappa shape index (κ1) is 22.2. The number of carbonyl (C=O) groups is 2. The predicted octanol–water partition coefficient (Wildman–Crippen LogP) is 2.33. The average Bonchev–Trinajstić information content (AvgIpc) is 3.23. The SMILES string of the molecule is CC(C)COc1ccc(C(=O)N/C(=C/c2ccc3c(c2)OCO3)C(=O)NCCO)cc1. The Hall–Kier alpha value is -3.52. The molecule has 0 aromatic heterocycles. The highest BCUT2D eigenvalue weighted by Gasteiger charge is 2.17. The van der Waals surface area contributed by atoms with Gasteiger partial charge in [0.1, 0.15) is 11.4 Å². The summed E-state index contributed by atoms with van der Waals surface area (Å²) in [6, 6.07) is 11.9. The second-order valence-corrected chi connectivity index (χ2v) is 7.33. The zero-order valence-corrected chi connectivity index (χ0v) is 17.5. The van der Waals surface area contributed by atoms with Gasteiger partial charge in [-0.15, -0.1) is 0 Å². The molecule has 0 fully saturated rings. The smallest absolute Gasteiger partial charge is 0.267 e. The Bertz CT molecular complexity index is 953. The summed E-state index contributed by atoms with van der Waals surface area (Å²) in [5.41, 5.74) is 1.07. The van der Waals surface area contributed by atoms with Gasteiger partial charge in [0.05, 0.1) is 13.2 Å². The van der Waals surface area contributed by atoms with Crippen LogP contribution in [0.2, 0.25) is 0 Å². The number of aliphatic hydroxyl groups excluding tert-OH is 1. The molecule has 1 aliphatic heterocycles. The maximum Gasteiger partial charge on any atom is 0.267 e. The van der Waals surface area contributed by atoms with E-state index in [-0.39, 0.29) is 25.6 Å². The van der Waals surface area contributed by atoms with E-state index in [9.17, 15) is 9.59 Å². The minimum atomic E-state index is -0.517. The summed E-state index contributed by atoms with van der Waals surface area (Å²) in [4.78, 5) is 25.3. The van der Waals surface area contributed by atoms with Crippen LogP contribution >= 0.6 is 0 Å². The first-order chi connectivity index (χ1) is 15.0. The molecule has 0 spiro atoms. The Kier molecular flexibility index (Phi) is 7.50. The van der Waals surface area contributed by atoms with Gasteiger partial charge in [0, 0.05) is 12.1 Å². The zero-order valence-electron chi connectivity index (χ0n) is 17.5. The van der Waals surface area contributed by atoms with Crippen molar-refractivity contribution in [2.75, 3.05) is 26.6 Å². The molecular weight excluding hydrogens is 400 g/mol. The number of hydrogen-bond donors (Lipinski definition) is 3. The van der Waals surface area contributed by atoms with Crippen LogP contribution in [-0.4, -0.2) is 43.5 Å². The molecule has 31 heavy (non-hydrogen) atoms. The number of ether oxygens (including phenoxy) is 3. The molecule has 1 heterocycles. The van der Waals surface area contributed by atoms with E-state index in [2.05, 4.69) is 24.5 Å². The highest BCUT2D eigenvalue weighted by molar-refractivity contribution is 6.05. The lowest BCUT2D eigenvalue weighted by Crippen LogP contribution is -2.36. The van der Waals surface area contributed by atoms with Crippen molar-refractivity contribution in [3.8, 4) is 17.2 Å². The van der Waals surface area contributed by atoms with Crippen molar-refractivity contribution in [2.45, 2.75) is 13.8 Å². The largest absolute Gasteiger partial charge is 0.493 e. The Balaban J connectivity index is 1.76. The van der Waals surface area contributed by atoms with Gasteiger partial charge in [-0.1, -0.05) is 19.9 Å². The number of benzene rings is 2. The number of rotatable bonds is 9. The summed E-state index contributed by atoms with van der Waals surface area (Å²) >= 11 is 0. The van der Waals surface area contributed by atoms with Crippen molar-refractivity contribution in [3.63, 3.8) is 0 Å². The lowest BCUT2D eigenvalue weighted by Gasteiger charge is -2.12. The van der Waals surface area contributed by atoms with E-state index >= 15 is 0 Å². The molecule has 0 bridgehead atoms. The highest BCUT2D eigenvalue weighted by atomic mass is 16.7. The fourth-order valence-electron chi connectivity index (χ4n) is 2.75. The van der Waals surface area contributed by atoms with Gasteiger partial charge in [-0.2, -0.15) is 0 Å². The third kappa shape index (κ3) is 6.23. The normalized spacial score (nSPS) is 12.6. The molecule has 0 atom stereocenters. The minimum Gasteiger partial charge on any atom is -0.493 e. The van der Waals surface area contributed by atoms with Crippen molar-refractivity contribution in [3.05, 3.63) is 59.3 Å². The van der Waals surface area contributed by atoms with E-state index in [1.807, 2.05) is 0 Å². The lowest BCUT2D eigenvalue weighted by atomic mass is 10.1. The number of amides is 2. The van der Waals surface area contributed by atoms with Gasteiger partial charge in [-0.25, -0.2) is 0 Å². The molecule has 2 aromatic rings. The van der Waals surface area contributed by atoms with Crippen LogP contribution in [0.3, 0.4) is 0 Å². The minimum absolute atomic E-state index is 0.0393. The molecule has 0 saturated heterocycles. The Morgan fingerprint density at radius 3 is 2.58 bits per heavy atom. The van der Waals surface area contributed by atoms with E-state index in [1.165, 1.54) is 6.08 Å². The predicted molar refractivity (Wildman–Crippen MR) is 115 cm³/mol. The zero-order chi connectivity index (χ0) is 22.2. The summed E-state index contributed by atoms with van der Waals surface area (Å²) in [5, 5.41) is 14.2. The summed E-state index contributed by atoms with van der Waals surface area (Å²) < 4.78 is 16.3.